The van der Waals surface area contributed by atoms with Crippen LogP contribution in [-0.4, -0.2) is 0 Å². The molecule has 0 N–H and O–H groups in total. The van der Waals surface area contributed by atoms with E-state index < -0.39 is 0 Å². The quantitative estimate of drug-likeness (QED) is 0.329. The lowest BCUT2D eigenvalue weighted by Gasteiger charge is -1.89. The molecule has 0 unspecified atom stereocenters. The fourth-order valence-corrected chi connectivity index (χ4v) is 0.814. The number of rotatable bonds is 5. The summed E-state index contributed by atoms with van der Waals surface area (Å²) in [4.78, 5) is 0. The molecule has 0 saturated carbocycles. The van der Waals surface area contributed by atoms with Crippen molar-refractivity contribution >= 4 is 0 Å². The summed E-state index contributed by atoms with van der Waals surface area (Å²) in [6.07, 6.45) is 13.1. The van der Waals surface area contributed by atoms with Gasteiger partial charge in [0.1, 0.15) is 0 Å². The molecule has 0 saturated heterocycles. The molecule has 0 aromatic rings. The lowest BCUT2D eigenvalue weighted by molar-refractivity contribution is 0.772. The summed E-state index contributed by atoms with van der Waals surface area (Å²) in [6, 6.07) is 0. The van der Waals surface area contributed by atoms with E-state index in [4.69, 9.17) is 6.42 Å². The summed E-state index contributed by atoms with van der Waals surface area (Å²) >= 11 is 0. The third-order valence-corrected chi connectivity index (χ3v) is 1.48. The van der Waals surface area contributed by atoms with Crippen LogP contribution in [0.1, 0.15) is 38.5 Å². The van der Waals surface area contributed by atoms with E-state index in [1.165, 1.54) is 12.8 Å². The van der Waals surface area contributed by atoms with Crippen LogP contribution in [-0.2, 0) is 0 Å². The Labute approximate surface area is 76.1 Å². The second kappa shape index (κ2) is 9.86. The Bertz CT molecular complexity index is 194. The molecule has 0 radical (unpaired) electrons. The zero-order valence-corrected chi connectivity index (χ0v) is 7.60. The Balaban J connectivity index is 3.11. The molecule has 0 spiro atoms. The number of hydrogen-bond donors (Lipinski definition) is 0. The summed E-state index contributed by atoms with van der Waals surface area (Å²) in [6.45, 7) is 3.66. The van der Waals surface area contributed by atoms with Crippen molar-refractivity contribution in [3.8, 4) is 24.2 Å². The lowest BCUT2D eigenvalue weighted by Crippen LogP contribution is -1.72. The number of terminal acetylenes is 1. The van der Waals surface area contributed by atoms with Gasteiger partial charge in [-0.1, -0.05) is 6.08 Å². The van der Waals surface area contributed by atoms with Gasteiger partial charge in [0.25, 0.3) is 0 Å². The molecular formula is C12H16. The smallest absolute Gasteiger partial charge is 0.0198 e. The van der Waals surface area contributed by atoms with Gasteiger partial charge in [-0.15, -0.1) is 30.8 Å². The van der Waals surface area contributed by atoms with Crippen molar-refractivity contribution in [2.45, 2.75) is 38.5 Å². The van der Waals surface area contributed by atoms with E-state index in [2.05, 4.69) is 24.3 Å². The van der Waals surface area contributed by atoms with Gasteiger partial charge in [-0.3, -0.25) is 0 Å². The Morgan fingerprint density at radius 3 is 2.50 bits per heavy atom. The fraction of sp³-hybridized carbons (Fsp3) is 0.500. The highest BCUT2D eigenvalue weighted by Gasteiger charge is 1.81. The van der Waals surface area contributed by atoms with Crippen molar-refractivity contribution in [2.75, 3.05) is 0 Å². The first kappa shape index (κ1) is 10.9. The summed E-state index contributed by atoms with van der Waals surface area (Å²) in [7, 11) is 0. The summed E-state index contributed by atoms with van der Waals surface area (Å²) < 4.78 is 0. The third-order valence-electron chi connectivity index (χ3n) is 1.48. The van der Waals surface area contributed by atoms with Crippen molar-refractivity contribution in [3.63, 3.8) is 0 Å². The first-order valence-electron chi connectivity index (χ1n) is 4.42. The maximum Gasteiger partial charge on any atom is 0.0198 e. The molecule has 0 aliphatic rings. The molecule has 0 nitrogen and oxygen atoms in total. The average molecular weight is 160 g/mol. The van der Waals surface area contributed by atoms with Gasteiger partial charge in [-0.05, 0) is 19.3 Å². The van der Waals surface area contributed by atoms with Crippen LogP contribution in [0.5, 0.6) is 0 Å². The number of allylic oxidation sites excluding steroid dienone is 1. The van der Waals surface area contributed by atoms with Gasteiger partial charge in [0.15, 0.2) is 0 Å². The largest absolute Gasteiger partial charge is 0.120 e. The molecule has 12 heavy (non-hydrogen) atoms. The molecule has 0 aliphatic heterocycles. The van der Waals surface area contributed by atoms with E-state index in [9.17, 15) is 0 Å². The number of unbranched alkanes of at least 4 members (excludes halogenated alkanes) is 4. The minimum atomic E-state index is 0.777. The maximum atomic E-state index is 5.08. The van der Waals surface area contributed by atoms with Crippen LogP contribution in [0.2, 0.25) is 0 Å². The molecule has 0 heteroatoms. The molecular weight excluding hydrogens is 144 g/mol. The van der Waals surface area contributed by atoms with Crippen molar-refractivity contribution < 1.29 is 0 Å². The molecule has 0 aromatic carbocycles. The molecule has 0 atom stereocenters. The lowest BCUT2D eigenvalue weighted by atomic mass is 10.2. The van der Waals surface area contributed by atoms with Crippen molar-refractivity contribution in [2.24, 2.45) is 0 Å². The average Bonchev–Trinajstić information content (AvgIpc) is 2.10. The highest BCUT2D eigenvalue weighted by molar-refractivity contribution is 5.01. The Morgan fingerprint density at radius 2 is 1.83 bits per heavy atom. The van der Waals surface area contributed by atoms with Crippen molar-refractivity contribution in [1.29, 1.82) is 0 Å². The van der Waals surface area contributed by atoms with E-state index in [0.29, 0.717) is 0 Å². The monoisotopic (exact) mass is 160 g/mol. The summed E-state index contributed by atoms with van der Waals surface area (Å²) in [5.41, 5.74) is 0. The zero-order valence-electron chi connectivity index (χ0n) is 7.60. The highest BCUT2D eigenvalue weighted by Crippen LogP contribution is 1.98. The van der Waals surface area contributed by atoms with Crippen LogP contribution in [0.25, 0.3) is 0 Å². The van der Waals surface area contributed by atoms with Gasteiger partial charge in [0.2, 0.25) is 0 Å². The molecule has 0 rings (SSSR count). The van der Waals surface area contributed by atoms with Crippen LogP contribution in [0.4, 0.5) is 0 Å². The van der Waals surface area contributed by atoms with E-state index in [-0.39, 0.29) is 0 Å². The van der Waals surface area contributed by atoms with Gasteiger partial charge in [0.05, 0.1) is 0 Å². The van der Waals surface area contributed by atoms with Gasteiger partial charge in [0, 0.05) is 19.3 Å². The molecule has 0 heterocycles. The summed E-state index contributed by atoms with van der Waals surface area (Å²) in [5.74, 6) is 8.71. The minimum Gasteiger partial charge on any atom is -0.120 e. The minimum absolute atomic E-state index is 0.777. The molecule has 0 fully saturated rings. The summed E-state index contributed by atoms with van der Waals surface area (Å²) in [5, 5.41) is 0. The van der Waals surface area contributed by atoms with Gasteiger partial charge < -0.3 is 0 Å². The topological polar surface area (TPSA) is 0 Å². The second-order valence-electron chi connectivity index (χ2n) is 2.59. The molecule has 0 aromatic heterocycles. The predicted octanol–water partition coefficient (Wildman–Crippen LogP) is 3.15. The van der Waals surface area contributed by atoms with E-state index in [0.717, 1.165) is 25.7 Å². The molecule has 0 amide bonds. The first-order chi connectivity index (χ1) is 5.91. The first-order valence-corrected chi connectivity index (χ1v) is 4.42. The highest BCUT2D eigenvalue weighted by atomic mass is 13.9. The fourth-order valence-electron chi connectivity index (χ4n) is 0.814. The number of hydrogen-bond acceptors (Lipinski definition) is 0. The van der Waals surface area contributed by atoms with Crippen molar-refractivity contribution in [1.82, 2.24) is 0 Å². The van der Waals surface area contributed by atoms with Crippen LogP contribution >= 0.6 is 0 Å². The zero-order chi connectivity index (χ0) is 9.07. The van der Waals surface area contributed by atoms with Crippen molar-refractivity contribution in [3.05, 3.63) is 12.7 Å². The van der Waals surface area contributed by atoms with Gasteiger partial charge in [-0.25, -0.2) is 0 Å². The van der Waals surface area contributed by atoms with Crippen LogP contribution in [0.15, 0.2) is 12.7 Å². The van der Waals surface area contributed by atoms with Gasteiger partial charge in [-0.2, -0.15) is 0 Å². The Hall–Kier alpha value is -1.14. The van der Waals surface area contributed by atoms with Crippen LogP contribution in [0.3, 0.4) is 0 Å². The van der Waals surface area contributed by atoms with Crippen LogP contribution < -0.4 is 0 Å². The van der Waals surface area contributed by atoms with E-state index >= 15 is 0 Å². The predicted molar refractivity (Wildman–Crippen MR) is 54.5 cm³/mol. The Kier molecular flexibility index (Phi) is 8.92. The Morgan fingerprint density at radius 1 is 1.08 bits per heavy atom. The van der Waals surface area contributed by atoms with Gasteiger partial charge >= 0.3 is 0 Å². The SMILES string of the molecule is C#CCCC#CCCCCC=C. The van der Waals surface area contributed by atoms with E-state index in [1.54, 1.807) is 0 Å². The molecule has 0 bridgehead atoms. The standard InChI is InChI=1S/C12H16/c1-3-5-7-9-11-12-10-8-6-4-2/h1,4H,2,5-8,10,12H2. The molecule has 64 valence electrons. The maximum absolute atomic E-state index is 5.08. The molecule has 0 aliphatic carbocycles. The van der Waals surface area contributed by atoms with E-state index in [1.807, 2.05) is 6.08 Å². The third kappa shape index (κ3) is 8.86. The normalized spacial score (nSPS) is 7.92. The van der Waals surface area contributed by atoms with Crippen LogP contribution in [0, 0.1) is 24.2 Å². The second-order valence-corrected chi connectivity index (χ2v) is 2.59.